The molecule has 2 unspecified atom stereocenters. The molecule has 1 heterocycles. The summed E-state index contributed by atoms with van der Waals surface area (Å²) in [5, 5.41) is 8.76. The highest BCUT2D eigenvalue weighted by molar-refractivity contribution is 5.83. The Morgan fingerprint density at radius 1 is 1.53 bits per heavy atom. The van der Waals surface area contributed by atoms with Crippen LogP contribution in [0.1, 0.15) is 13.3 Å². The number of methoxy groups -OCH3 is 1. The molecule has 1 saturated heterocycles. The van der Waals surface area contributed by atoms with Gasteiger partial charge in [0.25, 0.3) is 0 Å². The van der Waals surface area contributed by atoms with E-state index in [-0.39, 0.29) is 24.5 Å². The maximum absolute atomic E-state index is 12.1. The van der Waals surface area contributed by atoms with E-state index >= 15 is 0 Å². The number of nitrogens with zero attached hydrogens (tertiary/aromatic N) is 1. The number of hydrogen-bond donors (Lipinski definition) is 1. The number of amides is 1. The fourth-order valence-electron chi connectivity index (χ4n) is 1.88. The fraction of sp³-hybridized carbons (Fsp3) is 0.818. The van der Waals surface area contributed by atoms with E-state index in [0.29, 0.717) is 26.2 Å². The van der Waals surface area contributed by atoms with Gasteiger partial charge >= 0.3 is 5.97 Å². The molecular formula is C11H19NO5. The van der Waals surface area contributed by atoms with Gasteiger partial charge in [-0.25, -0.2) is 0 Å². The standard InChI is InChI=1S/C11H19NO5/c1-8-5-9(7-17-8)11(15)12(3-4-16-2)6-10(13)14/h8-9H,3-7H2,1-2H3,(H,13,14). The van der Waals surface area contributed by atoms with Crippen molar-refractivity contribution in [1.29, 1.82) is 0 Å². The zero-order valence-corrected chi connectivity index (χ0v) is 10.2. The maximum Gasteiger partial charge on any atom is 0.323 e. The highest BCUT2D eigenvalue weighted by Gasteiger charge is 2.32. The first-order chi connectivity index (χ1) is 8.04. The minimum Gasteiger partial charge on any atom is -0.480 e. The van der Waals surface area contributed by atoms with Crippen molar-refractivity contribution in [3.8, 4) is 0 Å². The minimum absolute atomic E-state index is 0.0676. The van der Waals surface area contributed by atoms with Crippen LogP contribution >= 0.6 is 0 Å². The molecule has 1 fully saturated rings. The molecule has 0 radical (unpaired) electrons. The predicted molar refractivity (Wildman–Crippen MR) is 59.6 cm³/mol. The molecule has 0 aliphatic carbocycles. The van der Waals surface area contributed by atoms with Crippen LogP contribution < -0.4 is 0 Å². The van der Waals surface area contributed by atoms with E-state index in [2.05, 4.69) is 0 Å². The van der Waals surface area contributed by atoms with E-state index in [1.807, 2.05) is 6.92 Å². The fourth-order valence-corrected chi connectivity index (χ4v) is 1.88. The van der Waals surface area contributed by atoms with Gasteiger partial charge in [-0.3, -0.25) is 9.59 Å². The summed E-state index contributed by atoms with van der Waals surface area (Å²) in [7, 11) is 1.52. The molecule has 17 heavy (non-hydrogen) atoms. The molecule has 0 saturated carbocycles. The molecule has 98 valence electrons. The van der Waals surface area contributed by atoms with Gasteiger partial charge in [0.2, 0.25) is 5.91 Å². The Labute approximate surface area is 100 Å². The van der Waals surface area contributed by atoms with Crippen LogP contribution in [0, 0.1) is 5.92 Å². The van der Waals surface area contributed by atoms with Crippen LogP contribution in [0.15, 0.2) is 0 Å². The molecular weight excluding hydrogens is 226 g/mol. The van der Waals surface area contributed by atoms with E-state index in [4.69, 9.17) is 14.6 Å². The number of carboxylic acid groups (broad SMARTS) is 1. The maximum atomic E-state index is 12.1. The molecule has 0 bridgehead atoms. The van der Waals surface area contributed by atoms with Crippen LogP contribution in [0.25, 0.3) is 0 Å². The summed E-state index contributed by atoms with van der Waals surface area (Å²) in [4.78, 5) is 24.1. The van der Waals surface area contributed by atoms with Crippen LogP contribution in [-0.2, 0) is 19.1 Å². The Hall–Kier alpha value is -1.14. The number of carboxylic acids is 1. The van der Waals surface area contributed by atoms with Crippen molar-refractivity contribution in [1.82, 2.24) is 4.90 Å². The molecule has 0 aromatic heterocycles. The molecule has 0 aromatic rings. The van der Waals surface area contributed by atoms with Crippen molar-refractivity contribution < 1.29 is 24.2 Å². The van der Waals surface area contributed by atoms with Crippen LogP contribution in [0.3, 0.4) is 0 Å². The monoisotopic (exact) mass is 245 g/mol. The highest BCUT2D eigenvalue weighted by atomic mass is 16.5. The molecule has 0 spiro atoms. The van der Waals surface area contributed by atoms with Gasteiger partial charge < -0.3 is 19.5 Å². The van der Waals surface area contributed by atoms with Gasteiger partial charge in [0, 0.05) is 13.7 Å². The number of rotatable bonds is 6. The van der Waals surface area contributed by atoms with Gasteiger partial charge in [-0.1, -0.05) is 0 Å². The zero-order chi connectivity index (χ0) is 12.8. The van der Waals surface area contributed by atoms with E-state index < -0.39 is 5.97 Å². The number of hydrogen-bond acceptors (Lipinski definition) is 4. The van der Waals surface area contributed by atoms with Crippen LogP contribution in [-0.4, -0.2) is 61.4 Å². The molecule has 1 aliphatic rings. The van der Waals surface area contributed by atoms with Crippen LogP contribution in [0.4, 0.5) is 0 Å². The lowest BCUT2D eigenvalue weighted by molar-refractivity contribution is -0.146. The Bertz CT molecular complexity index is 281. The van der Waals surface area contributed by atoms with Crippen LogP contribution in [0.5, 0.6) is 0 Å². The van der Waals surface area contributed by atoms with Crippen molar-refractivity contribution in [2.24, 2.45) is 5.92 Å². The van der Waals surface area contributed by atoms with E-state index in [0.717, 1.165) is 0 Å². The van der Waals surface area contributed by atoms with E-state index in [1.54, 1.807) is 0 Å². The highest BCUT2D eigenvalue weighted by Crippen LogP contribution is 2.21. The summed E-state index contributed by atoms with van der Waals surface area (Å²) in [5.41, 5.74) is 0. The first kappa shape index (κ1) is 13.9. The first-order valence-corrected chi connectivity index (χ1v) is 5.65. The molecule has 0 aromatic carbocycles. The lowest BCUT2D eigenvalue weighted by atomic mass is 10.0. The van der Waals surface area contributed by atoms with Crippen molar-refractivity contribution in [2.75, 3.05) is 33.4 Å². The summed E-state index contributed by atoms with van der Waals surface area (Å²) in [6.07, 6.45) is 0.722. The van der Waals surface area contributed by atoms with E-state index in [9.17, 15) is 9.59 Å². The molecule has 1 rings (SSSR count). The molecule has 2 atom stereocenters. The summed E-state index contributed by atoms with van der Waals surface area (Å²) < 4.78 is 10.2. The van der Waals surface area contributed by atoms with Crippen molar-refractivity contribution in [3.05, 3.63) is 0 Å². The third-order valence-electron chi connectivity index (χ3n) is 2.75. The third-order valence-corrected chi connectivity index (χ3v) is 2.75. The number of aliphatic carboxylic acids is 1. The van der Waals surface area contributed by atoms with Gasteiger partial charge in [0.15, 0.2) is 0 Å². The number of carbonyl (C=O) groups excluding carboxylic acids is 1. The molecule has 1 amide bonds. The summed E-state index contributed by atoms with van der Waals surface area (Å²) in [6, 6.07) is 0. The Morgan fingerprint density at radius 3 is 2.71 bits per heavy atom. The van der Waals surface area contributed by atoms with Gasteiger partial charge in [0.1, 0.15) is 6.54 Å². The normalized spacial score (nSPS) is 23.6. The molecule has 6 nitrogen and oxygen atoms in total. The average Bonchev–Trinajstić information content (AvgIpc) is 2.69. The average molecular weight is 245 g/mol. The number of ether oxygens (including phenoxy) is 2. The lowest BCUT2D eigenvalue weighted by Gasteiger charge is -2.23. The second-order valence-corrected chi connectivity index (χ2v) is 4.22. The largest absolute Gasteiger partial charge is 0.480 e. The summed E-state index contributed by atoms with van der Waals surface area (Å²) in [6.45, 7) is 2.63. The lowest BCUT2D eigenvalue weighted by Crippen LogP contribution is -2.41. The Kier molecular flexibility index (Phi) is 5.37. The van der Waals surface area contributed by atoms with Gasteiger partial charge in [0.05, 0.1) is 25.2 Å². The van der Waals surface area contributed by atoms with Crippen molar-refractivity contribution in [2.45, 2.75) is 19.4 Å². The number of carbonyl (C=O) groups is 2. The van der Waals surface area contributed by atoms with Gasteiger partial charge in [-0.05, 0) is 13.3 Å². The van der Waals surface area contributed by atoms with Gasteiger partial charge in [-0.15, -0.1) is 0 Å². The third kappa shape index (κ3) is 4.32. The second kappa shape index (κ2) is 6.56. The quantitative estimate of drug-likeness (QED) is 0.711. The van der Waals surface area contributed by atoms with Crippen molar-refractivity contribution in [3.63, 3.8) is 0 Å². The van der Waals surface area contributed by atoms with Gasteiger partial charge in [-0.2, -0.15) is 0 Å². The molecule has 1 aliphatic heterocycles. The predicted octanol–water partition coefficient (Wildman–Crippen LogP) is -0.0290. The van der Waals surface area contributed by atoms with E-state index in [1.165, 1.54) is 12.0 Å². The smallest absolute Gasteiger partial charge is 0.323 e. The summed E-state index contributed by atoms with van der Waals surface area (Å²) >= 11 is 0. The van der Waals surface area contributed by atoms with Crippen molar-refractivity contribution >= 4 is 11.9 Å². The minimum atomic E-state index is -1.01. The molecule has 6 heteroatoms. The topological polar surface area (TPSA) is 76.1 Å². The summed E-state index contributed by atoms with van der Waals surface area (Å²) in [5.74, 6) is -1.39. The molecule has 1 N–H and O–H groups in total. The Balaban J connectivity index is 2.55. The second-order valence-electron chi connectivity index (χ2n) is 4.22. The SMILES string of the molecule is COCCN(CC(=O)O)C(=O)C1COC(C)C1. The first-order valence-electron chi connectivity index (χ1n) is 5.65. The van der Waals surface area contributed by atoms with Crippen LogP contribution in [0.2, 0.25) is 0 Å². The zero-order valence-electron chi connectivity index (χ0n) is 10.2. The Morgan fingerprint density at radius 2 is 2.24 bits per heavy atom.